The first-order valence-electron chi connectivity index (χ1n) is 15.6. The molecule has 2 amide bonds. The first-order chi connectivity index (χ1) is 20.1. The van der Waals surface area contributed by atoms with Gasteiger partial charge >= 0.3 is 6.18 Å². The number of nitrogens with one attached hydrogen (secondary N) is 3. The quantitative estimate of drug-likeness (QED) is 0.243. The number of carbonyl (C=O) groups is 2. The van der Waals surface area contributed by atoms with Crippen molar-refractivity contribution < 1.29 is 22.8 Å². The Kier molecular flexibility index (Phi) is 8.06. The van der Waals surface area contributed by atoms with Gasteiger partial charge in [0.05, 0.1) is 10.9 Å². The SMILES string of the molecule is O=C1CC[C@@H](n2c(C(F)(F)F)nc3cccc(NCCCCCCCNC45CC6CC(CC(C6)C4)C5)c3c2=O)C(=O)N1. The molecule has 4 saturated carbocycles. The van der Waals surface area contributed by atoms with E-state index in [1.54, 1.807) is 12.1 Å². The Labute approximate surface area is 243 Å². The predicted molar refractivity (Wildman–Crippen MR) is 153 cm³/mol. The van der Waals surface area contributed by atoms with E-state index in [0.717, 1.165) is 56.4 Å². The van der Waals surface area contributed by atoms with E-state index < -0.39 is 35.4 Å². The fraction of sp³-hybridized carbons (Fsp3) is 0.677. The molecule has 1 aromatic carbocycles. The second-order valence-corrected chi connectivity index (χ2v) is 13.1. The summed E-state index contributed by atoms with van der Waals surface area (Å²) in [7, 11) is 0. The van der Waals surface area contributed by atoms with E-state index in [2.05, 4.69) is 15.6 Å². The minimum atomic E-state index is -4.96. The maximum absolute atomic E-state index is 13.9. The summed E-state index contributed by atoms with van der Waals surface area (Å²) < 4.78 is 42.2. The van der Waals surface area contributed by atoms with E-state index in [0.29, 0.717) is 22.3 Å². The molecule has 1 aliphatic heterocycles. The topological polar surface area (TPSA) is 105 Å². The summed E-state index contributed by atoms with van der Waals surface area (Å²) in [6.07, 6.45) is 8.41. The fourth-order valence-electron chi connectivity index (χ4n) is 8.49. The monoisotopic (exact) mass is 587 g/mol. The average molecular weight is 588 g/mol. The summed E-state index contributed by atoms with van der Waals surface area (Å²) in [6.45, 7) is 1.64. The fourth-order valence-corrected chi connectivity index (χ4v) is 8.49. The van der Waals surface area contributed by atoms with Gasteiger partial charge in [-0.3, -0.25) is 24.3 Å². The standard InChI is InChI=1S/C31H40F3N5O3/c32-31(33,34)29-37-23-8-6-7-22(26(23)28(42)39(29)24-9-10-25(40)38-27(24)41)35-11-4-2-1-3-5-12-36-30-16-19-13-20(17-30)15-21(14-19)18-30/h6-8,19-21,24,35-36H,1-5,9-18H2,(H,38,40,41)/t19?,20?,21?,24-,30?/m1/s1. The normalized spacial score (nSPS) is 28.8. The van der Waals surface area contributed by atoms with E-state index in [-0.39, 0.29) is 23.7 Å². The van der Waals surface area contributed by atoms with Crippen molar-refractivity contribution in [3.05, 3.63) is 34.4 Å². The molecule has 4 aliphatic carbocycles. The molecule has 1 atom stereocenters. The first kappa shape index (κ1) is 29.1. The van der Waals surface area contributed by atoms with E-state index in [1.165, 1.54) is 44.6 Å². The van der Waals surface area contributed by atoms with Crippen LogP contribution >= 0.6 is 0 Å². The van der Waals surface area contributed by atoms with Crippen molar-refractivity contribution in [1.29, 1.82) is 0 Å². The van der Waals surface area contributed by atoms with Crippen LogP contribution < -0.4 is 21.5 Å². The van der Waals surface area contributed by atoms with Gasteiger partial charge in [-0.2, -0.15) is 13.2 Å². The molecule has 4 bridgehead atoms. The molecule has 2 heterocycles. The Morgan fingerprint density at radius 1 is 0.929 bits per heavy atom. The molecule has 0 radical (unpaired) electrons. The maximum Gasteiger partial charge on any atom is 0.449 e. The summed E-state index contributed by atoms with van der Waals surface area (Å²) in [5.74, 6) is -0.113. The molecule has 5 aliphatic rings. The number of piperidine rings is 1. The highest BCUT2D eigenvalue weighted by Gasteiger charge is 2.50. The van der Waals surface area contributed by atoms with Crippen LogP contribution in [0.1, 0.15) is 95.3 Å². The smallest absolute Gasteiger partial charge is 0.384 e. The van der Waals surface area contributed by atoms with Crippen LogP contribution in [0.3, 0.4) is 0 Å². The number of anilines is 1. The molecule has 11 heteroatoms. The van der Waals surface area contributed by atoms with Crippen LogP contribution in [-0.4, -0.2) is 40.0 Å². The molecular formula is C31H40F3N5O3. The van der Waals surface area contributed by atoms with Crippen LogP contribution in [0, 0.1) is 17.8 Å². The average Bonchev–Trinajstić information content (AvgIpc) is 2.91. The number of benzene rings is 1. The molecule has 1 saturated heterocycles. The summed E-state index contributed by atoms with van der Waals surface area (Å²) in [6, 6.07) is 3.10. The van der Waals surface area contributed by atoms with Gasteiger partial charge in [0, 0.05) is 24.2 Å². The number of aromatic nitrogens is 2. The molecule has 1 aromatic heterocycles. The highest BCUT2D eigenvalue weighted by molar-refractivity contribution is 5.99. The largest absolute Gasteiger partial charge is 0.449 e. The third-order valence-electron chi connectivity index (χ3n) is 9.91. The van der Waals surface area contributed by atoms with Crippen LogP contribution in [0.2, 0.25) is 0 Å². The highest BCUT2D eigenvalue weighted by Crippen LogP contribution is 2.55. The van der Waals surface area contributed by atoms with E-state index in [1.807, 2.05) is 5.32 Å². The van der Waals surface area contributed by atoms with Crippen molar-refractivity contribution in [2.75, 3.05) is 18.4 Å². The van der Waals surface area contributed by atoms with Crippen molar-refractivity contribution in [2.24, 2.45) is 17.8 Å². The van der Waals surface area contributed by atoms with E-state index in [4.69, 9.17) is 0 Å². The van der Waals surface area contributed by atoms with Gasteiger partial charge in [-0.1, -0.05) is 25.3 Å². The highest BCUT2D eigenvalue weighted by atomic mass is 19.4. The summed E-state index contributed by atoms with van der Waals surface area (Å²) in [5, 5.41) is 9.21. The lowest BCUT2D eigenvalue weighted by Crippen LogP contribution is -2.58. The Hall–Kier alpha value is -2.95. The molecule has 3 N–H and O–H groups in total. The number of fused-ring (bicyclic) bond motifs is 1. The Morgan fingerprint density at radius 3 is 2.21 bits per heavy atom. The lowest BCUT2D eigenvalue weighted by molar-refractivity contribution is -0.150. The van der Waals surface area contributed by atoms with Crippen molar-refractivity contribution in [2.45, 2.75) is 101 Å². The summed E-state index contributed by atoms with van der Waals surface area (Å²) >= 11 is 0. The summed E-state index contributed by atoms with van der Waals surface area (Å²) in [4.78, 5) is 41.3. The summed E-state index contributed by atoms with van der Waals surface area (Å²) in [5.41, 5.74) is -0.243. The predicted octanol–water partition coefficient (Wildman–Crippen LogP) is 5.31. The zero-order valence-electron chi connectivity index (χ0n) is 23.9. The van der Waals surface area contributed by atoms with E-state index >= 15 is 0 Å². The van der Waals surface area contributed by atoms with Gasteiger partial charge in [-0.25, -0.2) is 4.98 Å². The van der Waals surface area contributed by atoms with Crippen molar-refractivity contribution in [3.8, 4) is 0 Å². The number of halogens is 3. The number of rotatable bonds is 11. The first-order valence-corrected chi connectivity index (χ1v) is 15.6. The van der Waals surface area contributed by atoms with Crippen molar-refractivity contribution in [3.63, 3.8) is 0 Å². The number of imide groups is 1. The second kappa shape index (κ2) is 11.6. The molecule has 7 rings (SSSR count). The van der Waals surface area contributed by atoms with Crippen LogP contribution in [0.5, 0.6) is 0 Å². The number of hydrogen-bond acceptors (Lipinski definition) is 6. The van der Waals surface area contributed by atoms with Crippen LogP contribution in [-0.2, 0) is 15.8 Å². The molecule has 8 nitrogen and oxygen atoms in total. The zero-order valence-corrected chi connectivity index (χ0v) is 23.9. The van der Waals surface area contributed by atoms with Gasteiger partial charge < -0.3 is 10.6 Å². The van der Waals surface area contributed by atoms with Crippen LogP contribution in [0.25, 0.3) is 10.9 Å². The zero-order chi connectivity index (χ0) is 29.5. The van der Waals surface area contributed by atoms with Gasteiger partial charge in [0.2, 0.25) is 17.6 Å². The van der Waals surface area contributed by atoms with E-state index in [9.17, 15) is 27.6 Å². The lowest BCUT2D eigenvalue weighted by atomic mass is 9.53. The minimum Gasteiger partial charge on any atom is -0.384 e. The maximum atomic E-state index is 13.9. The molecular weight excluding hydrogens is 547 g/mol. The molecule has 42 heavy (non-hydrogen) atoms. The number of hydrogen-bond donors (Lipinski definition) is 3. The van der Waals surface area contributed by atoms with Gasteiger partial charge in [-0.05, 0) is 94.2 Å². The van der Waals surface area contributed by atoms with Crippen LogP contribution in [0.15, 0.2) is 23.0 Å². The number of amides is 2. The number of carbonyl (C=O) groups excluding carboxylic acids is 2. The third-order valence-corrected chi connectivity index (χ3v) is 9.91. The molecule has 2 aromatic rings. The molecule has 0 unspecified atom stereocenters. The Balaban J connectivity index is 1.03. The second-order valence-electron chi connectivity index (χ2n) is 13.1. The number of nitrogens with zero attached hydrogens (tertiary/aromatic N) is 2. The van der Waals surface area contributed by atoms with Gasteiger partial charge in [0.1, 0.15) is 6.04 Å². The third kappa shape index (κ3) is 5.94. The lowest BCUT2D eigenvalue weighted by Gasteiger charge is -2.57. The van der Waals surface area contributed by atoms with Crippen molar-refractivity contribution >= 4 is 28.4 Å². The molecule has 5 fully saturated rings. The van der Waals surface area contributed by atoms with Gasteiger partial charge in [0.25, 0.3) is 5.56 Å². The van der Waals surface area contributed by atoms with Crippen molar-refractivity contribution in [1.82, 2.24) is 20.2 Å². The minimum absolute atomic E-state index is 0.00551. The van der Waals surface area contributed by atoms with Gasteiger partial charge in [-0.15, -0.1) is 0 Å². The number of unbranched alkanes of at least 4 members (excludes halogenated alkanes) is 4. The Bertz CT molecular complexity index is 1370. The van der Waals surface area contributed by atoms with Crippen LogP contribution in [0.4, 0.5) is 18.9 Å². The molecule has 0 spiro atoms. The van der Waals surface area contributed by atoms with Gasteiger partial charge in [0.15, 0.2) is 0 Å². The molecule has 228 valence electrons. The number of alkyl halides is 3. The Morgan fingerprint density at radius 2 is 1.57 bits per heavy atom.